The molecule has 0 aromatic heterocycles. The minimum atomic E-state index is 0. The monoisotopic (exact) mass is 360 g/mol. The Bertz CT molecular complexity index is 306. The molecule has 0 saturated heterocycles. The normalized spacial score (nSPS) is 7.62. The van der Waals surface area contributed by atoms with Crippen LogP contribution in [0.25, 0.3) is 0 Å². The van der Waals surface area contributed by atoms with E-state index in [1.807, 2.05) is 48.5 Å². The van der Waals surface area contributed by atoms with Gasteiger partial charge in [0.15, 0.2) is 0 Å². The summed E-state index contributed by atoms with van der Waals surface area (Å²) in [5, 5.41) is 0. The third-order valence-corrected chi connectivity index (χ3v) is 1.77. The van der Waals surface area contributed by atoms with Crippen LogP contribution in [0.5, 0.6) is 0 Å². The van der Waals surface area contributed by atoms with Crippen molar-refractivity contribution < 1.29 is 65.4 Å². The molecule has 2 radical (unpaired) electrons. The zero-order valence-electron chi connectivity index (χ0n) is 9.77. The van der Waals surface area contributed by atoms with Gasteiger partial charge in [-0.2, -0.15) is 71.8 Å². The van der Waals surface area contributed by atoms with Crippen LogP contribution < -0.4 is 0 Å². The summed E-state index contributed by atoms with van der Waals surface area (Å²) < 4.78 is 0. The fourth-order valence-electron chi connectivity index (χ4n) is 0.940. The minimum absolute atomic E-state index is 0. The van der Waals surface area contributed by atoms with Crippen molar-refractivity contribution in [2.75, 3.05) is 0 Å². The zero-order valence-corrected chi connectivity index (χ0v) is 15.5. The van der Waals surface area contributed by atoms with E-state index >= 15 is 0 Å². The number of hydrogen-bond donors (Lipinski definition) is 0. The van der Waals surface area contributed by atoms with E-state index in [0.29, 0.717) is 0 Å². The topological polar surface area (TPSA) is 0 Å². The summed E-state index contributed by atoms with van der Waals surface area (Å²) in [7, 11) is 0. The molecule has 16 heavy (non-hydrogen) atoms. The van der Waals surface area contributed by atoms with Gasteiger partial charge in [0.1, 0.15) is 0 Å². The molecule has 0 spiro atoms. The van der Waals surface area contributed by atoms with Crippen molar-refractivity contribution in [2.24, 2.45) is 0 Å². The Morgan fingerprint density at radius 3 is 1.00 bits per heavy atom. The van der Waals surface area contributed by atoms with Gasteiger partial charge < -0.3 is 0 Å². The molecule has 78 valence electrons. The van der Waals surface area contributed by atoms with Gasteiger partial charge in [-0.25, -0.2) is 0 Å². The Balaban J connectivity index is 0. The molecule has 0 amide bonds. The second kappa shape index (κ2) is 12.1. The molecule has 0 saturated carbocycles. The molecule has 2 aromatic carbocycles. The minimum Gasteiger partial charge on any atom is -0.184 e. The Morgan fingerprint density at radius 1 is 0.625 bits per heavy atom. The van der Waals surface area contributed by atoms with Gasteiger partial charge in [0.05, 0.1) is 0 Å². The van der Waals surface area contributed by atoms with Crippen molar-refractivity contribution in [3.8, 4) is 0 Å². The number of rotatable bonds is 0. The van der Waals surface area contributed by atoms with Gasteiger partial charge >= 0.3 is 0 Å². The first-order valence-corrected chi connectivity index (χ1v) is 4.64. The first-order valence-electron chi connectivity index (χ1n) is 4.64. The van der Waals surface area contributed by atoms with E-state index in [1.54, 1.807) is 0 Å². The molecule has 0 aliphatic heterocycles. The van der Waals surface area contributed by atoms with Gasteiger partial charge in [-0.3, -0.25) is 0 Å². The maximum Gasteiger partial charge on any atom is 0 e. The van der Waals surface area contributed by atoms with Gasteiger partial charge in [-0.15, -0.1) is 0 Å². The predicted octanol–water partition coefficient (Wildman–Crippen LogP) is 3.59. The molecule has 2 heteroatoms. The van der Waals surface area contributed by atoms with Crippen molar-refractivity contribution in [3.63, 3.8) is 0 Å². The molecular formula is C14H14Y2-2. The average molecular weight is 360 g/mol. The Kier molecular flexibility index (Phi) is 14.4. The summed E-state index contributed by atoms with van der Waals surface area (Å²) in [6.07, 6.45) is 0. The summed E-state index contributed by atoms with van der Waals surface area (Å²) in [4.78, 5) is 0. The number of benzene rings is 2. The molecule has 2 rings (SSSR count). The molecule has 0 atom stereocenters. The molecule has 0 bridgehead atoms. The van der Waals surface area contributed by atoms with Gasteiger partial charge in [0.2, 0.25) is 0 Å². The molecule has 0 aliphatic carbocycles. The zero-order chi connectivity index (χ0) is 10.2. The van der Waals surface area contributed by atoms with Gasteiger partial charge in [0, 0.05) is 65.4 Å². The summed E-state index contributed by atoms with van der Waals surface area (Å²) in [5.74, 6) is 0. The van der Waals surface area contributed by atoms with Crippen molar-refractivity contribution in [1.29, 1.82) is 0 Å². The van der Waals surface area contributed by atoms with E-state index in [4.69, 9.17) is 0 Å². The largest absolute Gasteiger partial charge is 0.184 e. The van der Waals surface area contributed by atoms with E-state index in [0.717, 1.165) is 0 Å². The molecule has 0 N–H and O–H groups in total. The molecule has 0 aliphatic rings. The standard InChI is InChI=1S/2C7H7.2Y/c2*1-7-5-3-2-4-6-7;;/h2*3-6H,1H3;;/q2*-1;;. The smallest absolute Gasteiger partial charge is 0 e. The average Bonchev–Trinajstić information content (AvgIpc) is 2.21. The maximum absolute atomic E-state index is 2.93. The van der Waals surface area contributed by atoms with Crippen LogP contribution in [-0.2, 0) is 65.4 Å². The van der Waals surface area contributed by atoms with Crippen molar-refractivity contribution >= 4 is 0 Å². The Morgan fingerprint density at radius 2 is 0.875 bits per heavy atom. The van der Waals surface area contributed by atoms with Crippen LogP contribution >= 0.6 is 0 Å². The quantitative estimate of drug-likeness (QED) is 0.630. The summed E-state index contributed by atoms with van der Waals surface area (Å²) in [6.45, 7) is 4.13. The Hall–Kier alpha value is 0.648. The Labute approximate surface area is 149 Å². The first-order chi connectivity index (χ1) is 6.79. The van der Waals surface area contributed by atoms with E-state index in [9.17, 15) is 0 Å². The summed E-state index contributed by atoms with van der Waals surface area (Å²) in [5.41, 5.74) is 2.58. The maximum atomic E-state index is 2.93. The molecule has 0 heterocycles. The van der Waals surface area contributed by atoms with Crippen LogP contribution in [0.4, 0.5) is 0 Å². The predicted molar refractivity (Wildman–Crippen MR) is 60.0 cm³/mol. The van der Waals surface area contributed by atoms with Crippen LogP contribution in [0.3, 0.4) is 0 Å². The van der Waals surface area contributed by atoms with Crippen LogP contribution in [0, 0.1) is 26.0 Å². The first kappa shape index (κ1) is 19.0. The van der Waals surface area contributed by atoms with Crippen LogP contribution in [0.15, 0.2) is 48.5 Å². The van der Waals surface area contributed by atoms with E-state index in [1.165, 1.54) is 11.1 Å². The van der Waals surface area contributed by atoms with Crippen LogP contribution in [0.1, 0.15) is 11.1 Å². The van der Waals surface area contributed by atoms with Crippen LogP contribution in [-0.4, -0.2) is 0 Å². The number of hydrogen-bond acceptors (Lipinski definition) is 0. The van der Waals surface area contributed by atoms with E-state index < -0.39 is 0 Å². The second-order valence-electron chi connectivity index (χ2n) is 3.15. The molecule has 0 fully saturated rings. The summed E-state index contributed by atoms with van der Waals surface area (Å²) >= 11 is 0. The SMILES string of the molecule is Cc1cc[c-]cc1.Cc1cc[c-]cc1.[Y].[Y]. The van der Waals surface area contributed by atoms with Gasteiger partial charge in [0.25, 0.3) is 0 Å². The number of aryl methyl sites for hydroxylation is 2. The van der Waals surface area contributed by atoms with E-state index in [-0.39, 0.29) is 65.4 Å². The second-order valence-corrected chi connectivity index (χ2v) is 3.15. The van der Waals surface area contributed by atoms with Gasteiger partial charge in [-0.1, -0.05) is 13.8 Å². The van der Waals surface area contributed by atoms with Crippen molar-refractivity contribution in [3.05, 3.63) is 71.8 Å². The summed E-state index contributed by atoms with van der Waals surface area (Å²) in [6, 6.07) is 21.6. The van der Waals surface area contributed by atoms with Crippen molar-refractivity contribution in [1.82, 2.24) is 0 Å². The van der Waals surface area contributed by atoms with Crippen LogP contribution in [0.2, 0.25) is 0 Å². The fourth-order valence-corrected chi connectivity index (χ4v) is 0.940. The molecule has 2 aromatic rings. The fraction of sp³-hybridized carbons (Fsp3) is 0.143. The van der Waals surface area contributed by atoms with E-state index in [2.05, 4.69) is 26.0 Å². The third-order valence-electron chi connectivity index (χ3n) is 1.77. The van der Waals surface area contributed by atoms with Crippen molar-refractivity contribution in [2.45, 2.75) is 13.8 Å². The van der Waals surface area contributed by atoms with Gasteiger partial charge in [-0.05, 0) is 0 Å². The third kappa shape index (κ3) is 9.84. The molecule has 0 nitrogen and oxygen atoms in total. The molecule has 0 unspecified atom stereocenters. The molecular weight excluding hydrogens is 346 g/mol.